The van der Waals surface area contributed by atoms with Crippen molar-refractivity contribution in [2.45, 2.75) is 51.6 Å². The molecule has 0 spiro atoms. The molecule has 4 nitrogen and oxygen atoms in total. The first kappa shape index (κ1) is 15.7. The molecule has 2 rings (SSSR count). The number of fused-ring (bicyclic) bond motifs is 1. The fraction of sp³-hybridized carbons (Fsp3) is 0.867. The predicted octanol–water partition coefficient (Wildman–Crippen LogP) is 1.99. The van der Waals surface area contributed by atoms with E-state index in [4.69, 9.17) is 0 Å². The van der Waals surface area contributed by atoms with Crippen molar-refractivity contribution >= 4 is 23.6 Å². The maximum atomic E-state index is 12.7. The standard InChI is InChI=1S/C15H26N2O2S/c1-11(2)13-15(19)16-8-5-4-7-12(16)14(18)17(13)9-6-10-20-3/h11-13H,4-10H2,1-3H3. The van der Waals surface area contributed by atoms with E-state index < -0.39 is 0 Å². The van der Waals surface area contributed by atoms with Crippen LogP contribution in [0.25, 0.3) is 0 Å². The van der Waals surface area contributed by atoms with Crippen molar-refractivity contribution in [3.05, 3.63) is 0 Å². The van der Waals surface area contributed by atoms with Crippen molar-refractivity contribution in [1.82, 2.24) is 9.80 Å². The van der Waals surface area contributed by atoms with Gasteiger partial charge < -0.3 is 9.80 Å². The Morgan fingerprint density at radius 2 is 2.00 bits per heavy atom. The molecule has 2 unspecified atom stereocenters. The second kappa shape index (κ2) is 6.83. The van der Waals surface area contributed by atoms with Crippen molar-refractivity contribution < 1.29 is 9.59 Å². The maximum absolute atomic E-state index is 12.7. The molecule has 5 heteroatoms. The van der Waals surface area contributed by atoms with Gasteiger partial charge in [-0.15, -0.1) is 0 Å². The van der Waals surface area contributed by atoms with Gasteiger partial charge in [0, 0.05) is 13.1 Å². The quantitative estimate of drug-likeness (QED) is 0.729. The van der Waals surface area contributed by atoms with Crippen LogP contribution in [-0.4, -0.2) is 58.8 Å². The number of hydrogen-bond donors (Lipinski definition) is 0. The lowest BCUT2D eigenvalue weighted by Gasteiger charge is -2.48. The summed E-state index contributed by atoms with van der Waals surface area (Å²) in [7, 11) is 0. The minimum atomic E-state index is -0.251. The number of thioether (sulfide) groups is 1. The van der Waals surface area contributed by atoms with Gasteiger partial charge >= 0.3 is 0 Å². The van der Waals surface area contributed by atoms with E-state index in [0.717, 1.165) is 44.5 Å². The van der Waals surface area contributed by atoms with Gasteiger partial charge in [-0.2, -0.15) is 11.8 Å². The summed E-state index contributed by atoms with van der Waals surface area (Å²) in [6.07, 6.45) is 5.98. The third-order valence-corrected chi connectivity index (χ3v) is 5.02. The molecule has 2 aliphatic heterocycles. The van der Waals surface area contributed by atoms with Crippen molar-refractivity contribution in [3.8, 4) is 0 Å². The SMILES string of the molecule is CSCCCN1C(=O)C2CCCCN2C(=O)C1C(C)C. The van der Waals surface area contributed by atoms with Crippen molar-refractivity contribution in [2.24, 2.45) is 5.92 Å². The first-order valence-corrected chi connectivity index (χ1v) is 9.07. The molecule has 0 aromatic carbocycles. The molecular weight excluding hydrogens is 272 g/mol. The molecule has 0 N–H and O–H groups in total. The van der Waals surface area contributed by atoms with Crippen molar-refractivity contribution in [2.75, 3.05) is 25.1 Å². The van der Waals surface area contributed by atoms with Crippen LogP contribution in [0.2, 0.25) is 0 Å². The molecule has 2 saturated heterocycles. The number of amides is 2. The second-order valence-corrected chi connectivity index (χ2v) is 7.10. The number of carbonyl (C=O) groups is 2. The summed E-state index contributed by atoms with van der Waals surface area (Å²) in [5.74, 6) is 1.58. The zero-order valence-electron chi connectivity index (χ0n) is 12.8. The molecule has 0 bridgehead atoms. The third kappa shape index (κ3) is 2.97. The molecule has 0 aromatic heterocycles. The molecule has 0 saturated carbocycles. The van der Waals surface area contributed by atoms with Gasteiger partial charge in [0.15, 0.2) is 0 Å². The number of piperidine rings is 1. The monoisotopic (exact) mass is 298 g/mol. The van der Waals surface area contributed by atoms with Gasteiger partial charge in [-0.3, -0.25) is 9.59 Å². The first-order valence-electron chi connectivity index (χ1n) is 7.67. The largest absolute Gasteiger partial charge is 0.329 e. The number of rotatable bonds is 5. The molecule has 2 aliphatic rings. The Hall–Kier alpha value is -0.710. The van der Waals surface area contributed by atoms with Gasteiger partial charge in [-0.1, -0.05) is 13.8 Å². The average Bonchev–Trinajstić information content (AvgIpc) is 2.44. The summed E-state index contributed by atoms with van der Waals surface area (Å²) in [5.41, 5.74) is 0. The van der Waals surface area contributed by atoms with Crippen molar-refractivity contribution in [3.63, 3.8) is 0 Å². The van der Waals surface area contributed by atoms with E-state index in [1.807, 2.05) is 23.6 Å². The first-order chi connectivity index (χ1) is 9.57. The van der Waals surface area contributed by atoms with E-state index >= 15 is 0 Å². The van der Waals surface area contributed by atoms with Crippen molar-refractivity contribution in [1.29, 1.82) is 0 Å². The van der Waals surface area contributed by atoms with Crippen LogP contribution in [0.15, 0.2) is 0 Å². The number of nitrogens with zero attached hydrogens (tertiary/aromatic N) is 2. The van der Waals surface area contributed by atoms with E-state index in [2.05, 4.69) is 6.26 Å². The molecule has 2 fully saturated rings. The average molecular weight is 298 g/mol. The molecule has 0 radical (unpaired) electrons. The van der Waals surface area contributed by atoms with E-state index in [0.29, 0.717) is 0 Å². The van der Waals surface area contributed by atoms with E-state index in [1.165, 1.54) is 0 Å². The van der Waals surface area contributed by atoms with Crippen LogP contribution in [0.4, 0.5) is 0 Å². The fourth-order valence-corrected chi connectivity index (χ4v) is 3.78. The van der Waals surface area contributed by atoms with Gasteiger partial charge in [0.1, 0.15) is 12.1 Å². The van der Waals surface area contributed by atoms with Crippen LogP contribution in [0.5, 0.6) is 0 Å². The fourth-order valence-electron chi connectivity index (χ4n) is 3.36. The summed E-state index contributed by atoms with van der Waals surface area (Å²) in [6.45, 7) is 5.57. The minimum absolute atomic E-state index is 0.174. The van der Waals surface area contributed by atoms with Crippen LogP contribution in [0.1, 0.15) is 39.5 Å². The lowest BCUT2D eigenvalue weighted by Crippen LogP contribution is -2.67. The summed E-state index contributed by atoms with van der Waals surface area (Å²) < 4.78 is 0. The molecule has 0 aliphatic carbocycles. The lowest BCUT2D eigenvalue weighted by molar-refractivity contribution is -0.165. The number of piperazine rings is 1. The van der Waals surface area contributed by atoms with Crippen LogP contribution in [0.3, 0.4) is 0 Å². The Morgan fingerprint density at radius 1 is 1.25 bits per heavy atom. The molecular formula is C15H26N2O2S. The normalized spacial score (nSPS) is 27.2. The van der Waals surface area contributed by atoms with E-state index in [9.17, 15) is 9.59 Å². The third-order valence-electron chi connectivity index (χ3n) is 4.32. The Balaban J connectivity index is 2.17. The Kier molecular flexibility index (Phi) is 5.35. The molecule has 20 heavy (non-hydrogen) atoms. The maximum Gasteiger partial charge on any atom is 0.246 e. The molecule has 2 amide bonds. The summed E-state index contributed by atoms with van der Waals surface area (Å²) >= 11 is 1.79. The molecule has 114 valence electrons. The van der Waals surface area contributed by atoms with Gasteiger partial charge in [0.25, 0.3) is 0 Å². The Labute approximate surface area is 126 Å². The minimum Gasteiger partial charge on any atom is -0.329 e. The van der Waals surface area contributed by atoms with Gasteiger partial charge in [0.05, 0.1) is 0 Å². The predicted molar refractivity (Wildman–Crippen MR) is 82.7 cm³/mol. The highest BCUT2D eigenvalue weighted by Gasteiger charge is 2.47. The van der Waals surface area contributed by atoms with Crippen LogP contribution in [0, 0.1) is 5.92 Å². The van der Waals surface area contributed by atoms with Crippen LogP contribution >= 0.6 is 11.8 Å². The molecule has 2 heterocycles. The second-order valence-electron chi connectivity index (χ2n) is 6.11. The highest BCUT2D eigenvalue weighted by molar-refractivity contribution is 7.98. The Morgan fingerprint density at radius 3 is 2.65 bits per heavy atom. The summed E-state index contributed by atoms with van der Waals surface area (Å²) in [6, 6.07) is -0.431. The zero-order chi connectivity index (χ0) is 14.7. The van der Waals surface area contributed by atoms with E-state index in [1.54, 1.807) is 11.8 Å². The van der Waals surface area contributed by atoms with Gasteiger partial charge in [-0.05, 0) is 43.6 Å². The van der Waals surface area contributed by atoms with Crippen LogP contribution in [-0.2, 0) is 9.59 Å². The summed E-state index contributed by atoms with van der Waals surface area (Å²) in [5, 5.41) is 0. The zero-order valence-corrected chi connectivity index (χ0v) is 13.6. The topological polar surface area (TPSA) is 40.6 Å². The highest BCUT2D eigenvalue weighted by atomic mass is 32.2. The molecule has 0 aromatic rings. The highest BCUT2D eigenvalue weighted by Crippen LogP contribution is 2.29. The smallest absolute Gasteiger partial charge is 0.246 e. The van der Waals surface area contributed by atoms with Gasteiger partial charge in [0.2, 0.25) is 11.8 Å². The van der Waals surface area contributed by atoms with Gasteiger partial charge in [-0.25, -0.2) is 0 Å². The lowest BCUT2D eigenvalue weighted by atomic mass is 9.90. The number of hydrogen-bond acceptors (Lipinski definition) is 3. The molecule has 2 atom stereocenters. The summed E-state index contributed by atoms with van der Waals surface area (Å²) in [4.78, 5) is 29.2. The number of carbonyl (C=O) groups excluding carboxylic acids is 2. The Bertz CT molecular complexity index is 373. The van der Waals surface area contributed by atoms with E-state index in [-0.39, 0.29) is 29.8 Å². The van der Waals surface area contributed by atoms with Crippen LogP contribution < -0.4 is 0 Å².